The summed E-state index contributed by atoms with van der Waals surface area (Å²) in [4.78, 5) is 4.01. The molecule has 3 nitrogen and oxygen atoms in total. The lowest BCUT2D eigenvalue weighted by atomic mass is 10.0. The molecule has 1 N–H and O–H groups in total. The smallest absolute Gasteiger partial charge is 0.0953 e. The Morgan fingerprint density at radius 3 is 3.00 bits per heavy atom. The molecule has 0 aliphatic rings. The fraction of sp³-hybridized carbons (Fsp3) is 0.308. The summed E-state index contributed by atoms with van der Waals surface area (Å²) in [5.41, 5.74) is 2.10. The Bertz CT molecular complexity index is 456. The predicted molar refractivity (Wildman–Crippen MR) is 68.1 cm³/mol. The van der Waals surface area contributed by atoms with Gasteiger partial charge in [-0.15, -0.1) is 0 Å². The van der Waals surface area contributed by atoms with Crippen LogP contribution < -0.4 is 5.32 Å². The van der Waals surface area contributed by atoms with E-state index in [4.69, 9.17) is 16.0 Å². The Labute approximate surface area is 106 Å². The van der Waals surface area contributed by atoms with Crippen molar-refractivity contribution in [3.05, 3.63) is 53.2 Å². The summed E-state index contributed by atoms with van der Waals surface area (Å²) in [5, 5.41) is 4.13. The Kier molecular flexibility index (Phi) is 4.18. The lowest BCUT2D eigenvalue weighted by molar-refractivity contribution is 0.548. The highest BCUT2D eigenvalue weighted by Gasteiger charge is 2.17. The van der Waals surface area contributed by atoms with Gasteiger partial charge >= 0.3 is 0 Å². The van der Waals surface area contributed by atoms with Crippen molar-refractivity contribution in [1.29, 1.82) is 0 Å². The number of halogens is 1. The maximum Gasteiger partial charge on any atom is 0.0953 e. The SMILES string of the molecule is CCCNC(c1ccoc1)c1ccncc1Cl. The van der Waals surface area contributed by atoms with Gasteiger partial charge in [-0.25, -0.2) is 0 Å². The van der Waals surface area contributed by atoms with Crippen LogP contribution in [-0.4, -0.2) is 11.5 Å². The van der Waals surface area contributed by atoms with Gasteiger partial charge in [0.1, 0.15) is 0 Å². The fourth-order valence-electron chi connectivity index (χ4n) is 1.76. The number of aromatic nitrogens is 1. The van der Waals surface area contributed by atoms with Gasteiger partial charge in [0.05, 0.1) is 23.6 Å². The van der Waals surface area contributed by atoms with Gasteiger partial charge in [0.25, 0.3) is 0 Å². The molecule has 0 spiro atoms. The van der Waals surface area contributed by atoms with E-state index < -0.39 is 0 Å². The number of nitrogens with one attached hydrogen (secondary N) is 1. The van der Waals surface area contributed by atoms with Gasteiger partial charge in [-0.1, -0.05) is 18.5 Å². The zero-order valence-corrected chi connectivity index (χ0v) is 10.4. The van der Waals surface area contributed by atoms with Crippen LogP contribution >= 0.6 is 11.6 Å². The molecule has 0 saturated heterocycles. The second kappa shape index (κ2) is 5.84. The molecule has 2 rings (SSSR count). The molecule has 0 aliphatic carbocycles. The van der Waals surface area contributed by atoms with Crippen LogP contribution in [0.1, 0.15) is 30.5 Å². The third kappa shape index (κ3) is 2.87. The highest BCUT2D eigenvalue weighted by molar-refractivity contribution is 6.31. The number of hydrogen-bond acceptors (Lipinski definition) is 3. The Hall–Kier alpha value is -1.32. The number of pyridine rings is 1. The summed E-state index contributed by atoms with van der Waals surface area (Å²) < 4.78 is 5.14. The fourth-order valence-corrected chi connectivity index (χ4v) is 1.98. The van der Waals surface area contributed by atoms with Crippen LogP contribution in [-0.2, 0) is 0 Å². The molecule has 90 valence electrons. The Morgan fingerprint density at radius 2 is 2.35 bits per heavy atom. The summed E-state index contributed by atoms with van der Waals surface area (Å²) in [6.07, 6.45) is 7.89. The topological polar surface area (TPSA) is 38.1 Å². The van der Waals surface area contributed by atoms with E-state index in [0.29, 0.717) is 5.02 Å². The lowest BCUT2D eigenvalue weighted by Gasteiger charge is -2.18. The lowest BCUT2D eigenvalue weighted by Crippen LogP contribution is -2.23. The highest BCUT2D eigenvalue weighted by atomic mass is 35.5. The molecule has 0 aromatic carbocycles. The molecule has 4 heteroatoms. The Morgan fingerprint density at radius 1 is 1.47 bits per heavy atom. The normalized spacial score (nSPS) is 12.6. The Balaban J connectivity index is 2.30. The van der Waals surface area contributed by atoms with Gasteiger partial charge in [0, 0.05) is 18.0 Å². The minimum atomic E-state index is 0.0594. The predicted octanol–water partition coefficient (Wildman–Crippen LogP) is 3.42. The zero-order chi connectivity index (χ0) is 12.1. The maximum atomic E-state index is 6.18. The van der Waals surface area contributed by atoms with Crippen molar-refractivity contribution in [3.8, 4) is 0 Å². The van der Waals surface area contributed by atoms with Gasteiger partial charge in [0.15, 0.2) is 0 Å². The number of furan rings is 1. The molecule has 0 bridgehead atoms. The van der Waals surface area contributed by atoms with E-state index in [9.17, 15) is 0 Å². The molecule has 0 fully saturated rings. The molecule has 0 aliphatic heterocycles. The second-order valence-electron chi connectivity index (χ2n) is 3.84. The van der Waals surface area contributed by atoms with E-state index in [1.807, 2.05) is 12.1 Å². The molecule has 2 heterocycles. The zero-order valence-electron chi connectivity index (χ0n) is 9.69. The summed E-state index contributed by atoms with van der Waals surface area (Å²) in [5.74, 6) is 0. The largest absolute Gasteiger partial charge is 0.472 e. The van der Waals surface area contributed by atoms with E-state index in [1.54, 1.807) is 24.9 Å². The third-order valence-electron chi connectivity index (χ3n) is 2.59. The first-order valence-corrected chi connectivity index (χ1v) is 6.05. The molecule has 0 amide bonds. The van der Waals surface area contributed by atoms with Gasteiger partial charge in [0.2, 0.25) is 0 Å². The van der Waals surface area contributed by atoms with Crippen LogP contribution in [0.5, 0.6) is 0 Å². The molecule has 17 heavy (non-hydrogen) atoms. The van der Waals surface area contributed by atoms with Crippen LogP contribution in [0.25, 0.3) is 0 Å². The number of hydrogen-bond donors (Lipinski definition) is 1. The average Bonchev–Trinajstić information content (AvgIpc) is 2.85. The van der Waals surface area contributed by atoms with E-state index in [0.717, 1.165) is 24.1 Å². The molecule has 1 unspecified atom stereocenters. The van der Waals surface area contributed by atoms with E-state index in [2.05, 4.69) is 17.2 Å². The van der Waals surface area contributed by atoms with Crippen LogP contribution in [0.4, 0.5) is 0 Å². The van der Waals surface area contributed by atoms with Crippen LogP contribution in [0.15, 0.2) is 41.5 Å². The van der Waals surface area contributed by atoms with Crippen molar-refractivity contribution in [2.75, 3.05) is 6.54 Å². The quantitative estimate of drug-likeness (QED) is 0.884. The van der Waals surface area contributed by atoms with Crippen molar-refractivity contribution in [1.82, 2.24) is 10.3 Å². The monoisotopic (exact) mass is 250 g/mol. The van der Waals surface area contributed by atoms with Crippen LogP contribution in [0.2, 0.25) is 5.02 Å². The standard InChI is InChI=1S/C13H15ClN2O/c1-2-5-16-13(10-4-7-17-9-10)11-3-6-15-8-12(11)14/h3-4,6-9,13,16H,2,5H2,1H3. The first-order chi connectivity index (χ1) is 8.33. The highest BCUT2D eigenvalue weighted by Crippen LogP contribution is 2.27. The van der Waals surface area contributed by atoms with Gasteiger partial charge in [-0.2, -0.15) is 0 Å². The average molecular weight is 251 g/mol. The minimum absolute atomic E-state index is 0.0594. The van der Waals surface area contributed by atoms with Crippen molar-refractivity contribution in [3.63, 3.8) is 0 Å². The first kappa shape index (κ1) is 12.1. The minimum Gasteiger partial charge on any atom is -0.472 e. The summed E-state index contributed by atoms with van der Waals surface area (Å²) in [7, 11) is 0. The van der Waals surface area contributed by atoms with Crippen molar-refractivity contribution >= 4 is 11.6 Å². The summed E-state index contributed by atoms with van der Waals surface area (Å²) in [6.45, 7) is 3.06. The van der Waals surface area contributed by atoms with E-state index in [1.165, 1.54) is 0 Å². The second-order valence-corrected chi connectivity index (χ2v) is 4.25. The van der Waals surface area contributed by atoms with Crippen LogP contribution in [0.3, 0.4) is 0 Å². The number of rotatable bonds is 5. The van der Waals surface area contributed by atoms with Gasteiger partial charge < -0.3 is 9.73 Å². The summed E-state index contributed by atoms with van der Waals surface area (Å²) in [6, 6.07) is 3.94. The van der Waals surface area contributed by atoms with Crippen molar-refractivity contribution < 1.29 is 4.42 Å². The molecule has 2 aromatic heterocycles. The van der Waals surface area contributed by atoms with Gasteiger partial charge in [-0.05, 0) is 30.7 Å². The molecule has 1 atom stereocenters. The molecule has 0 radical (unpaired) electrons. The van der Waals surface area contributed by atoms with Crippen LogP contribution in [0, 0.1) is 0 Å². The molecule has 0 saturated carbocycles. The number of nitrogens with zero attached hydrogens (tertiary/aromatic N) is 1. The van der Waals surface area contributed by atoms with Crippen molar-refractivity contribution in [2.45, 2.75) is 19.4 Å². The third-order valence-corrected chi connectivity index (χ3v) is 2.91. The first-order valence-electron chi connectivity index (χ1n) is 5.67. The molecule has 2 aromatic rings. The van der Waals surface area contributed by atoms with Crippen molar-refractivity contribution in [2.24, 2.45) is 0 Å². The molecular weight excluding hydrogens is 236 g/mol. The summed E-state index contributed by atoms with van der Waals surface area (Å²) >= 11 is 6.18. The van der Waals surface area contributed by atoms with E-state index >= 15 is 0 Å². The van der Waals surface area contributed by atoms with E-state index in [-0.39, 0.29) is 6.04 Å². The maximum absolute atomic E-state index is 6.18. The molecular formula is C13H15ClN2O. The van der Waals surface area contributed by atoms with Gasteiger partial charge in [-0.3, -0.25) is 4.98 Å².